The number of H-pyrrole nitrogens is 2. The van der Waals surface area contributed by atoms with Crippen molar-refractivity contribution in [3.63, 3.8) is 0 Å². The number of aromatic amines is 2. The van der Waals surface area contributed by atoms with Crippen molar-refractivity contribution in [3.05, 3.63) is 78.6 Å². The van der Waals surface area contributed by atoms with Crippen molar-refractivity contribution in [1.82, 2.24) is 45.4 Å². The van der Waals surface area contributed by atoms with Crippen molar-refractivity contribution in [2.75, 3.05) is 40.5 Å². The standard InChI is InChI=1S/C45H53N9O7/c1-26(2)38(51-44(57)59-3)42(55)53-19-5-7-36(53)40-46-24-34(49-40)28-11-9-27(10-12-28)32-15-13-30-23-31(14-16-33(30)48-32)35-25-47-41(50-35)37-8-6-20-54(37)43(56)39(52-45(58)60-4)29-17-21-61-22-18-29/h9-16,23-26,29,36-39H,5-8,17-22H2,1-4H3,(H,46,49)(H,47,50)(H,51,57)(H,52,58)/t36-,37-,38-,39-/m0/s1. The fourth-order valence-electron chi connectivity index (χ4n) is 8.88. The molecule has 16 nitrogen and oxygen atoms in total. The molecule has 8 rings (SSSR count). The fraction of sp³-hybridized carbons (Fsp3) is 0.444. The molecule has 6 heterocycles. The minimum Gasteiger partial charge on any atom is -0.453 e. The Morgan fingerprint density at radius 3 is 2.11 bits per heavy atom. The van der Waals surface area contributed by atoms with E-state index in [-0.39, 0.29) is 35.7 Å². The largest absolute Gasteiger partial charge is 0.453 e. The number of rotatable bonds is 11. The Bertz CT molecular complexity index is 2370. The number of likely N-dealkylation sites (tertiary alicyclic amines) is 2. The van der Waals surface area contributed by atoms with E-state index in [1.807, 2.05) is 67.4 Å². The summed E-state index contributed by atoms with van der Waals surface area (Å²) >= 11 is 0. The van der Waals surface area contributed by atoms with E-state index in [1.54, 1.807) is 11.1 Å². The molecule has 0 bridgehead atoms. The van der Waals surface area contributed by atoms with Gasteiger partial charge in [-0.25, -0.2) is 24.5 Å². The lowest BCUT2D eigenvalue weighted by Crippen LogP contribution is -2.53. The number of hydrogen-bond acceptors (Lipinski definition) is 10. The van der Waals surface area contributed by atoms with Gasteiger partial charge in [0.25, 0.3) is 0 Å². The predicted octanol–water partition coefficient (Wildman–Crippen LogP) is 6.54. The van der Waals surface area contributed by atoms with E-state index < -0.39 is 24.3 Å². The molecule has 0 radical (unpaired) electrons. The van der Waals surface area contributed by atoms with Crippen LogP contribution < -0.4 is 10.6 Å². The molecule has 16 heteroatoms. The van der Waals surface area contributed by atoms with Gasteiger partial charge in [0, 0.05) is 49.0 Å². The van der Waals surface area contributed by atoms with Gasteiger partial charge in [0.05, 0.1) is 55.1 Å². The van der Waals surface area contributed by atoms with Crippen molar-refractivity contribution in [2.24, 2.45) is 11.8 Å². The zero-order valence-corrected chi connectivity index (χ0v) is 35.0. The molecule has 61 heavy (non-hydrogen) atoms. The number of carbonyl (C=O) groups excluding carboxylic acids is 4. The Kier molecular flexibility index (Phi) is 12.3. The Morgan fingerprint density at radius 2 is 1.41 bits per heavy atom. The molecule has 4 amide bonds. The summed E-state index contributed by atoms with van der Waals surface area (Å²) in [7, 11) is 2.59. The molecule has 2 aromatic carbocycles. The Morgan fingerprint density at radius 1 is 0.754 bits per heavy atom. The van der Waals surface area contributed by atoms with E-state index in [2.05, 4.69) is 37.7 Å². The quantitative estimate of drug-likeness (QED) is 0.113. The van der Waals surface area contributed by atoms with Crippen LogP contribution in [-0.4, -0.2) is 111 Å². The SMILES string of the molecule is COC(=O)N[C@H](C(=O)N1CCC[C@H]1c1ncc(-c2ccc(-c3ccc4cc(-c5c[nH]c([C@@H]6CCCN6C(=O)[C@@H](NC(=O)OC)C6CCOCC6)n5)ccc4n3)cc2)[nH]1)C(C)C. The summed E-state index contributed by atoms with van der Waals surface area (Å²) in [5.41, 5.74) is 6.15. The molecule has 0 aliphatic carbocycles. The number of carbonyl (C=O) groups is 4. The molecule has 3 aromatic heterocycles. The van der Waals surface area contributed by atoms with Gasteiger partial charge in [-0.3, -0.25) is 9.59 Å². The molecule has 0 spiro atoms. The zero-order chi connectivity index (χ0) is 42.6. The number of alkyl carbamates (subject to hydrolysis) is 2. The van der Waals surface area contributed by atoms with Crippen molar-refractivity contribution in [1.29, 1.82) is 0 Å². The Balaban J connectivity index is 0.936. The molecule has 3 fully saturated rings. The lowest BCUT2D eigenvalue weighted by molar-refractivity contribution is -0.137. The topological polar surface area (TPSA) is 197 Å². The summed E-state index contributed by atoms with van der Waals surface area (Å²) in [6.07, 6.45) is 7.03. The molecular formula is C45H53N9O7. The van der Waals surface area contributed by atoms with Crippen LogP contribution in [0.5, 0.6) is 0 Å². The van der Waals surface area contributed by atoms with Gasteiger partial charge < -0.3 is 44.6 Å². The Hall–Kier alpha value is -6.29. The highest BCUT2D eigenvalue weighted by Crippen LogP contribution is 2.36. The summed E-state index contributed by atoms with van der Waals surface area (Å²) in [5, 5.41) is 6.48. The lowest BCUT2D eigenvalue weighted by atomic mass is 9.90. The summed E-state index contributed by atoms with van der Waals surface area (Å²) in [6, 6.07) is 16.4. The van der Waals surface area contributed by atoms with Gasteiger partial charge in [0.2, 0.25) is 11.8 Å². The first kappa shape index (κ1) is 41.4. The number of benzene rings is 2. The number of methoxy groups -OCH3 is 2. The van der Waals surface area contributed by atoms with E-state index >= 15 is 0 Å². The highest BCUT2D eigenvalue weighted by Gasteiger charge is 2.41. The molecular weight excluding hydrogens is 779 g/mol. The van der Waals surface area contributed by atoms with E-state index in [9.17, 15) is 19.2 Å². The van der Waals surface area contributed by atoms with Gasteiger partial charge in [0.15, 0.2) is 0 Å². The van der Waals surface area contributed by atoms with Gasteiger partial charge >= 0.3 is 12.2 Å². The van der Waals surface area contributed by atoms with Crippen LogP contribution >= 0.6 is 0 Å². The van der Waals surface area contributed by atoms with Gasteiger partial charge in [0.1, 0.15) is 23.7 Å². The van der Waals surface area contributed by atoms with E-state index in [4.69, 9.17) is 24.2 Å². The predicted molar refractivity (Wildman–Crippen MR) is 227 cm³/mol. The smallest absolute Gasteiger partial charge is 0.407 e. The van der Waals surface area contributed by atoms with Crippen molar-refractivity contribution >= 4 is 34.9 Å². The summed E-state index contributed by atoms with van der Waals surface area (Å²) in [4.78, 5) is 76.9. The first-order valence-electron chi connectivity index (χ1n) is 21.1. The molecule has 3 saturated heterocycles. The Labute approximate surface area is 354 Å². The second-order valence-corrected chi connectivity index (χ2v) is 16.3. The van der Waals surface area contributed by atoms with Crippen LogP contribution in [0.3, 0.4) is 0 Å². The molecule has 3 aliphatic rings. The van der Waals surface area contributed by atoms with E-state index in [0.29, 0.717) is 50.8 Å². The van der Waals surface area contributed by atoms with Gasteiger partial charge in [-0.05, 0) is 74.1 Å². The van der Waals surface area contributed by atoms with Gasteiger partial charge in [-0.2, -0.15) is 0 Å². The van der Waals surface area contributed by atoms with Crippen LogP contribution in [0.25, 0.3) is 44.7 Å². The van der Waals surface area contributed by atoms with Crippen LogP contribution in [0.1, 0.15) is 76.1 Å². The molecule has 4 atom stereocenters. The number of hydrogen-bond donors (Lipinski definition) is 4. The van der Waals surface area contributed by atoms with Crippen molar-refractivity contribution < 1.29 is 33.4 Å². The lowest BCUT2D eigenvalue weighted by Gasteiger charge is -2.34. The normalized spacial score (nSPS) is 19.2. The number of nitrogens with one attached hydrogen (secondary N) is 4. The third-order valence-corrected chi connectivity index (χ3v) is 12.2. The highest BCUT2D eigenvalue weighted by molar-refractivity contribution is 5.88. The number of aromatic nitrogens is 5. The fourth-order valence-corrected chi connectivity index (χ4v) is 8.88. The van der Waals surface area contributed by atoms with E-state index in [0.717, 1.165) is 70.4 Å². The minimum absolute atomic E-state index is 0.0334. The van der Waals surface area contributed by atoms with Gasteiger partial charge in [-0.15, -0.1) is 0 Å². The van der Waals surface area contributed by atoms with Crippen LogP contribution in [0.4, 0.5) is 9.59 Å². The number of amides is 4. The maximum atomic E-state index is 14.0. The number of imidazole rings is 2. The zero-order valence-electron chi connectivity index (χ0n) is 35.0. The van der Waals surface area contributed by atoms with Crippen molar-refractivity contribution in [2.45, 2.75) is 76.5 Å². The monoisotopic (exact) mass is 831 g/mol. The molecule has 320 valence electrons. The van der Waals surface area contributed by atoms with E-state index in [1.165, 1.54) is 14.2 Å². The third-order valence-electron chi connectivity index (χ3n) is 12.2. The average Bonchev–Trinajstić information content (AvgIpc) is 4.14. The molecule has 5 aromatic rings. The maximum absolute atomic E-state index is 14.0. The first-order chi connectivity index (χ1) is 29.6. The second kappa shape index (κ2) is 18.1. The van der Waals surface area contributed by atoms with Crippen LogP contribution in [-0.2, 0) is 23.8 Å². The summed E-state index contributed by atoms with van der Waals surface area (Å²) < 4.78 is 15.2. The number of pyridine rings is 1. The molecule has 3 aliphatic heterocycles. The second-order valence-electron chi connectivity index (χ2n) is 16.3. The summed E-state index contributed by atoms with van der Waals surface area (Å²) in [5.74, 6) is 1.02. The molecule has 0 unspecified atom stereocenters. The average molecular weight is 832 g/mol. The van der Waals surface area contributed by atoms with Crippen LogP contribution in [0.2, 0.25) is 0 Å². The summed E-state index contributed by atoms with van der Waals surface area (Å²) in [6.45, 7) is 6.08. The van der Waals surface area contributed by atoms with Crippen LogP contribution in [0, 0.1) is 11.8 Å². The third kappa shape index (κ3) is 8.81. The van der Waals surface area contributed by atoms with Gasteiger partial charge in [-0.1, -0.05) is 50.2 Å². The van der Waals surface area contributed by atoms with Crippen molar-refractivity contribution in [3.8, 4) is 33.8 Å². The maximum Gasteiger partial charge on any atom is 0.407 e. The number of fused-ring (bicyclic) bond motifs is 1. The van der Waals surface area contributed by atoms with Crippen LogP contribution in [0.15, 0.2) is 67.0 Å². The highest BCUT2D eigenvalue weighted by atomic mass is 16.5. The molecule has 0 saturated carbocycles. The minimum atomic E-state index is -0.695. The first-order valence-corrected chi connectivity index (χ1v) is 21.1. The molecule has 4 N–H and O–H groups in total. The number of nitrogens with zero attached hydrogens (tertiary/aromatic N) is 5. The number of ether oxygens (including phenoxy) is 3.